The molecule has 0 aromatic heterocycles. The molecule has 1 aromatic rings. The lowest BCUT2D eigenvalue weighted by atomic mass is 10.1. The monoisotopic (exact) mass is 299 g/mol. The third-order valence-corrected chi connectivity index (χ3v) is 6.13. The maximum atomic E-state index is 11.6. The van der Waals surface area contributed by atoms with E-state index in [2.05, 4.69) is 42.8 Å². The first-order chi connectivity index (χ1) is 9.00. The molecular formula is C14H21NO2S2. The van der Waals surface area contributed by atoms with Crippen LogP contribution in [0.5, 0.6) is 0 Å². The van der Waals surface area contributed by atoms with E-state index in [4.69, 9.17) is 0 Å². The fourth-order valence-electron chi connectivity index (χ4n) is 2.50. The minimum Gasteiger partial charge on any atom is -0.306 e. The normalized spacial score (nSPS) is 24.0. The zero-order valence-electron chi connectivity index (χ0n) is 11.4. The Kier molecular flexibility index (Phi) is 4.92. The highest BCUT2D eigenvalue weighted by Gasteiger charge is 2.25. The Morgan fingerprint density at radius 3 is 2.58 bits per heavy atom. The Morgan fingerprint density at radius 2 is 2.00 bits per heavy atom. The number of hydrogen-bond acceptors (Lipinski definition) is 4. The highest BCUT2D eigenvalue weighted by atomic mass is 32.2. The predicted molar refractivity (Wildman–Crippen MR) is 81.4 cm³/mol. The molecule has 3 nitrogen and oxygen atoms in total. The summed E-state index contributed by atoms with van der Waals surface area (Å²) in [7, 11) is -2.84. The standard InChI is InChI=1S/C14H21NO2S2/c1-11(12-5-7-14(18-2)8-6-12)15-13-4-3-9-19(16,17)10-13/h5-8,11,13,15H,3-4,9-10H2,1-2H3. The van der Waals surface area contributed by atoms with Crippen LogP contribution in [0.4, 0.5) is 0 Å². The van der Waals surface area contributed by atoms with Gasteiger partial charge in [-0.2, -0.15) is 0 Å². The SMILES string of the molecule is CSc1ccc(C(C)NC2CCCS(=O)(=O)C2)cc1. The summed E-state index contributed by atoms with van der Waals surface area (Å²) in [6.07, 6.45) is 3.79. The van der Waals surface area contributed by atoms with E-state index in [-0.39, 0.29) is 17.8 Å². The van der Waals surface area contributed by atoms with Crippen molar-refractivity contribution in [2.24, 2.45) is 0 Å². The van der Waals surface area contributed by atoms with Crippen molar-refractivity contribution in [2.45, 2.75) is 36.7 Å². The Morgan fingerprint density at radius 1 is 1.32 bits per heavy atom. The molecular weight excluding hydrogens is 278 g/mol. The van der Waals surface area contributed by atoms with Crippen LogP contribution >= 0.6 is 11.8 Å². The van der Waals surface area contributed by atoms with Gasteiger partial charge >= 0.3 is 0 Å². The smallest absolute Gasteiger partial charge is 0.151 e. The minimum absolute atomic E-state index is 0.0916. The molecule has 106 valence electrons. The van der Waals surface area contributed by atoms with Crippen LogP contribution in [0, 0.1) is 0 Å². The summed E-state index contributed by atoms with van der Waals surface area (Å²) < 4.78 is 23.2. The molecule has 19 heavy (non-hydrogen) atoms. The average molecular weight is 299 g/mol. The Hall–Kier alpha value is -0.520. The molecule has 2 atom stereocenters. The molecule has 1 aromatic carbocycles. The maximum absolute atomic E-state index is 11.6. The molecule has 5 heteroatoms. The van der Waals surface area contributed by atoms with E-state index in [1.165, 1.54) is 10.5 Å². The lowest BCUT2D eigenvalue weighted by Gasteiger charge is -2.26. The van der Waals surface area contributed by atoms with E-state index in [9.17, 15) is 8.42 Å². The van der Waals surface area contributed by atoms with Crippen LogP contribution in [0.2, 0.25) is 0 Å². The fourth-order valence-corrected chi connectivity index (χ4v) is 4.55. The molecule has 2 rings (SSSR count). The number of hydrogen-bond donors (Lipinski definition) is 1. The molecule has 1 aliphatic rings. The Bertz CT molecular complexity index is 511. The van der Waals surface area contributed by atoms with Gasteiger partial charge in [0.15, 0.2) is 9.84 Å². The molecule has 1 saturated heterocycles. The van der Waals surface area contributed by atoms with Crippen LogP contribution in [0.1, 0.15) is 31.4 Å². The van der Waals surface area contributed by atoms with Crippen molar-refractivity contribution in [1.82, 2.24) is 5.32 Å². The van der Waals surface area contributed by atoms with Crippen molar-refractivity contribution in [3.8, 4) is 0 Å². The summed E-state index contributed by atoms with van der Waals surface area (Å²) in [6, 6.07) is 8.72. The molecule has 1 aliphatic heterocycles. The molecule has 0 aliphatic carbocycles. The Balaban J connectivity index is 1.98. The van der Waals surface area contributed by atoms with Gasteiger partial charge in [-0.15, -0.1) is 11.8 Å². The molecule has 0 radical (unpaired) electrons. The van der Waals surface area contributed by atoms with E-state index in [0.717, 1.165) is 12.8 Å². The third kappa shape index (κ3) is 4.23. The van der Waals surface area contributed by atoms with Crippen molar-refractivity contribution in [2.75, 3.05) is 17.8 Å². The van der Waals surface area contributed by atoms with E-state index in [0.29, 0.717) is 5.75 Å². The first-order valence-electron chi connectivity index (χ1n) is 6.60. The van der Waals surface area contributed by atoms with Crippen LogP contribution in [0.15, 0.2) is 29.2 Å². The minimum atomic E-state index is -2.84. The predicted octanol–water partition coefficient (Wildman–Crippen LogP) is 2.64. The number of rotatable bonds is 4. The zero-order valence-corrected chi connectivity index (χ0v) is 13.1. The van der Waals surface area contributed by atoms with Crippen LogP contribution in [-0.4, -0.2) is 32.2 Å². The van der Waals surface area contributed by atoms with Crippen LogP contribution in [0.3, 0.4) is 0 Å². The quantitative estimate of drug-likeness (QED) is 0.868. The van der Waals surface area contributed by atoms with Gasteiger partial charge in [-0.05, 0) is 43.7 Å². The van der Waals surface area contributed by atoms with Gasteiger partial charge in [0, 0.05) is 17.0 Å². The lowest BCUT2D eigenvalue weighted by molar-refractivity contribution is 0.437. The van der Waals surface area contributed by atoms with Crippen molar-refractivity contribution < 1.29 is 8.42 Å². The number of nitrogens with one attached hydrogen (secondary N) is 1. The van der Waals surface area contributed by atoms with Crippen LogP contribution in [0.25, 0.3) is 0 Å². The topological polar surface area (TPSA) is 46.2 Å². The average Bonchev–Trinajstić information content (AvgIpc) is 2.37. The summed E-state index contributed by atoms with van der Waals surface area (Å²) >= 11 is 1.72. The van der Waals surface area contributed by atoms with E-state index in [1.54, 1.807) is 11.8 Å². The van der Waals surface area contributed by atoms with E-state index in [1.807, 2.05) is 0 Å². The molecule has 1 N–H and O–H groups in total. The molecule has 1 fully saturated rings. The summed E-state index contributed by atoms with van der Waals surface area (Å²) in [5, 5.41) is 3.44. The number of thioether (sulfide) groups is 1. The molecule has 0 saturated carbocycles. The van der Waals surface area contributed by atoms with Gasteiger partial charge in [0.2, 0.25) is 0 Å². The Labute approximate surface area is 120 Å². The highest BCUT2D eigenvalue weighted by molar-refractivity contribution is 7.98. The molecule has 2 unspecified atom stereocenters. The molecule has 0 amide bonds. The van der Waals surface area contributed by atoms with Gasteiger partial charge < -0.3 is 5.32 Å². The zero-order chi connectivity index (χ0) is 13.9. The summed E-state index contributed by atoms with van der Waals surface area (Å²) in [5.74, 6) is 0.627. The van der Waals surface area contributed by atoms with Gasteiger partial charge in [0.25, 0.3) is 0 Å². The first-order valence-corrected chi connectivity index (χ1v) is 9.65. The van der Waals surface area contributed by atoms with Crippen molar-refractivity contribution in [3.05, 3.63) is 29.8 Å². The lowest BCUT2D eigenvalue weighted by Crippen LogP contribution is -2.41. The van der Waals surface area contributed by atoms with E-state index < -0.39 is 9.84 Å². The molecule has 1 heterocycles. The van der Waals surface area contributed by atoms with Crippen molar-refractivity contribution in [1.29, 1.82) is 0 Å². The fraction of sp³-hybridized carbons (Fsp3) is 0.571. The third-order valence-electron chi connectivity index (χ3n) is 3.56. The second kappa shape index (κ2) is 6.29. The van der Waals surface area contributed by atoms with Gasteiger partial charge in [-0.1, -0.05) is 12.1 Å². The molecule has 0 spiro atoms. The summed E-state index contributed by atoms with van der Waals surface area (Å²) in [6.45, 7) is 2.09. The van der Waals surface area contributed by atoms with E-state index >= 15 is 0 Å². The second-order valence-electron chi connectivity index (χ2n) is 5.12. The van der Waals surface area contributed by atoms with Crippen molar-refractivity contribution >= 4 is 21.6 Å². The summed E-state index contributed by atoms with van der Waals surface area (Å²) in [5.41, 5.74) is 1.21. The van der Waals surface area contributed by atoms with Gasteiger partial charge in [-0.25, -0.2) is 8.42 Å². The second-order valence-corrected chi connectivity index (χ2v) is 8.22. The highest BCUT2D eigenvalue weighted by Crippen LogP contribution is 2.21. The molecule has 0 bridgehead atoms. The maximum Gasteiger partial charge on any atom is 0.151 e. The van der Waals surface area contributed by atoms with Gasteiger partial charge in [0.05, 0.1) is 11.5 Å². The first kappa shape index (κ1) is 14.9. The van der Waals surface area contributed by atoms with Crippen LogP contribution < -0.4 is 5.32 Å². The van der Waals surface area contributed by atoms with Crippen molar-refractivity contribution in [3.63, 3.8) is 0 Å². The summed E-state index contributed by atoms with van der Waals surface area (Å²) in [4.78, 5) is 1.25. The number of sulfone groups is 1. The van der Waals surface area contributed by atoms with Crippen LogP contribution in [-0.2, 0) is 9.84 Å². The largest absolute Gasteiger partial charge is 0.306 e. The van der Waals surface area contributed by atoms with Gasteiger partial charge in [-0.3, -0.25) is 0 Å². The van der Waals surface area contributed by atoms with Gasteiger partial charge in [0.1, 0.15) is 0 Å². The number of benzene rings is 1.